The molecule has 0 aliphatic rings. The Morgan fingerprint density at radius 2 is 1.93 bits per heavy atom. The second-order valence-corrected chi connectivity index (χ2v) is 6.80. The average Bonchev–Trinajstić information content (AvgIpc) is 2.70. The van der Waals surface area contributed by atoms with Gasteiger partial charge in [0.05, 0.1) is 13.5 Å². The largest absolute Gasteiger partial charge is 0.481 e. The molecule has 0 aromatic carbocycles. The third kappa shape index (κ3) is 7.50. The van der Waals surface area contributed by atoms with Crippen molar-refractivity contribution >= 4 is 11.8 Å². The van der Waals surface area contributed by atoms with E-state index >= 15 is 0 Å². The molecule has 0 radical (unpaired) electrons. The van der Waals surface area contributed by atoms with Crippen molar-refractivity contribution in [3.8, 4) is 6.01 Å². The number of unbranched alkanes of at least 4 members (excludes halogenated alkanes) is 3. The van der Waals surface area contributed by atoms with E-state index in [2.05, 4.69) is 33.3 Å². The van der Waals surface area contributed by atoms with Crippen LogP contribution in [0.4, 0.5) is 5.82 Å². The fourth-order valence-corrected chi connectivity index (χ4v) is 3.19. The van der Waals surface area contributed by atoms with Crippen LogP contribution >= 0.6 is 0 Å². The third-order valence-corrected chi connectivity index (χ3v) is 4.62. The van der Waals surface area contributed by atoms with E-state index in [-0.39, 0.29) is 12.3 Å². The maximum Gasteiger partial charge on any atom is 0.316 e. The fraction of sp³-hybridized carbons (Fsp3) is 0.524. The molecule has 0 aliphatic carbocycles. The van der Waals surface area contributed by atoms with Crippen molar-refractivity contribution in [2.24, 2.45) is 0 Å². The monoisotopic (exact) mass is 386 g/mol. The van der Waals surface area contributed by atoms with E-state index in [0.29, 0.717) is 6.01 Å². The molecule has 152 valence electrons. The van der Waals surface area contributed by atoms with Crippen LogP contribution in [0.5, 0.6) is 6.01 Å². The van der Waals surface area contributed by atoms with Gasteiger partial charge in [-0.15, -0.1) is 0 Å². The second-order valence-electron chi connectivity index (χ2n) is 6.80. The van der Waals surface area contributed by atoms with Crippen molar-refractivity contribution < 1.29 is 14.6 Å². The Kier molecular flexibility index (Phi) is 9.18. The molecule has 0 fully saturated rings. The number of carboxylic acids is 1. The number of nitrogens with one attached hydrogen (secondary N) is 1. The Labute approximate surface area is 166 Å². The smallest absolute Gasteiger partial charge is 0.316 e. The molecular weight excluding hydrogens is 356 g/mol. The number of anilines is 1. The summed E-state index contributed by atoms with van der Waals surface area (Å²) in [6, 6.07) is 6.38. The summed E-state index contributed by atoms with van der Waals surface area (Å²) in [7, 11) is 1.51. The van der Waals surface area contributed by atoms with Gasteiger partial charge < -0.3 is 15.2 Å². The molecule has 7 heteroatoms. The van der Waals surface area contributed by atoms with Gasteiger partial charge in [-0.25, -0.2) is 15.0 Å². The number of pyridine rings is 1. The lowest BCUT2D eigenvalue weighted by Gasteiger charge is -2.14. The van der Waals surface area contributed by atoms with Gasteiger partial charge in [-0.3, -0.25) is 4.79 Å². The number of aliphatic carboxylic acids is 1. The Balaban J connectivity index is 1.74. The average molecular weight is 386 g/mol. The van der Waals surface area contributed by atoms with Crippen LogP contribution in [0.1, 0.15) is 62.6 Å². The minimum Gasteiger partial charge on any atom is -0.481 e. The predicted octanol–water partition coefficient (Wildman–Crippen LogP) is 4.06. The number of hydrogen-bond acceptors (Lipinski definition) is 6. The van der Waals surface area contributed by atoms with Crippen LogP contribution in [0.25, 0.3) is 0 Å². The first-order valence-corrected chi connectivity index (χ1v) is 9.90. The molecule has 2 aromatic rings. The quantitative estimate of drug-likeness (QED) is 0.501. The first-order valence-electron chi connectivity index (χ1n) is 9.90. The zero-order chi connectivity index (χ0) is 20.2. The molecule has 0 saturated carbocycles. The van der Waals surface area contributed by atoms with Gasteiger partial charge in [0, 0.05) is 24.6 Å². The molecule has 0 bridgehead atoms. The van der Waals surface area contributed by atoms with Crippen molar-refractivity contribution in [3.05, 3.63) is 41.9 Å². The van der Waals surface area contributed by atoms with Crippen LogP contribution in [0.2, 0.25) is 0 Å². The Morgan fingerprint density at radius 1 is 1.18 bits per heavy atom. The van der Waals surface area contributed by atoms with Crippen molar-refractivity contribution in [2.45, 2.75) is 57.8 Å². The summed E-state index contributed by atoms with van der Waals surface area (Å²) in [6.07, 6.45) is 9.45. The zero-order valence-corrected chi connectivity index (χ0v) is 16.7. The van der Waals surface area contributed by atoms with Gasteiger partial charge >= 0.3 is 12.0 Å². The highest BCUT2D eigenvalue weighted by molar-refractivity contribution is 5.68. The molecule has 0 spiro atoms. The van der Waals surface area contributed by atoms with Crippen LogP contribution < -0.4 is 10.1 Å². The highest BCUT2D eigenvalue weighted by atomic mass is 16.5. The number of methoxy groups -OCH3 is 1. The van der Waals surface area contributed by atoms with Crippen LogP contribution in [0, 0.1) is 0 Å². The lowest BCUT2D eigenvalue weighted by Crippen LogP contribution is -2.08. The number of ether oxygens (including phenoxy) is 1. The van der Waals surface area contributed by atoms with Crippen LogP contribution in [0.15, 0.2) is 30.6 Å². The van der Waals surface area contributed by atoms with Gasteiger partial charge in [-0.05, 0) is 49.8 Å². The number of carboxylic acid groups (broad SMARTS) is 1. The van der Waals surface area contributed by atoms with Crippen molar-refractivity contribution in [1.29, 1.82) is 0 Å². The number of aromatic nitrogens is 3. The molecule has 2 rings (SSSR count). The minimum absolute atomic E-state index is 0.0677. The van der Waals surface area contributed by atoms with Gasteiger partial charge in [0.25, 0.3) is 0 Å². The molecular formula is C21H30N4O3. The Morgan fingerprint density at radius 3 is 2.61 bits per heavy atom. The summed E-state index contributed by atoms with van der Waals surface area (Å²) in [5.74, 6) is 0.0626. The summed E-state index contributed by atoms with van der Waals surface area (Å²) >= 11 is 0. The summed E-state index contributed by atoms with van der Waals surface area (Å²) in [6.45, 7) is 2.93. The highest BCUT2D eigenvalue weighted by Gasteiger charge is 2.16. The van der Waals surface area contributed by atoms with Gasteiger partial charge in [-0.1, -0.05) is 25.3 Å². The zero-order valence-electron chi connectivity index (χ0n) is 16.7. The number of aryl methyl sites for hydroxylation is 1. The van der Waals surface area contributed by atoms with Crippen molar-refractivity contribution in [3.63, 3.8) is 0 Å². The topological polar surface area (TPSA) is 97.2 Å². The van der Waals surface area contributed by atoms with Gasteiger partial charge in [0.15, 0.2) is 0 Å². The van der Waals surface area contributed by atoms with E-state index < -0.39 is 5.97 Å². The summed E-state index contributed by atoms with van der Waals surface area (Å²) in [5, 5.41) is 12.4. The Bertz CT molecular complexity index is 722. The molecule has 0 saturated heterocycles. The number of rotatable bonds is 13. The molecule has 0 aliphatic heterocycles. The normalized spacial score (nSPS) is 11.8. The van der Waals surface area contributed by atoms with E-state index in [1.807, 2.05) is 12.1 Å². The van der Waals surface area contributed by atoms with Crippen molar-refractivity contribution in [1.82, 2.24) is 15.0 Å². The second kappa shape index (κ2) is 11.9. The molecule has 0 amide bonds. The number of nitrogens with zero attached hydrogens (tertiary/aromatic N) is 3. The molecule has 0 unspecified atom stereocenters. The maximum atomic E-state index is 11.2. The first kappa shape index (κ1) is 21.6. The predicted molar refractivity (Wildman–Crippen MR) is 109 cm³/mol. The highest BCUT2D eigenvalue weighted by Crippen LogP contribution is 2.26. The summed E-state index contributed by atoms with van der Waals surface area (Å²) in [4.78, 5) is 24.0. The maximum absolute atomic E-state index is 11.2. The van der Waals surface area contributed by atoms with E-state index in [1.54, 1.807) is 12.4 Å². The number of hydrogen-bond donors (Lipinski definition) is 2. The summed E-state index contributed by atoms with van der Waals surface area (Å²) < 4.78 is 4.97. The molecule has 2 heterocycles. The minimum atomic E-state index is -0.799. The van der Waals surface area contributed by atoms with Crippen LogP contribution in [-0.4, -0.2) is 39.7 Å². The van der Waals surface area contributed by atoms with E-state index in [0.717, 1.165) is 62.1 Å². The summed E-state index contributed by atoms with van der Waals surface area (Å²) in [5.41, 5.74) is 1.96. The Hall–Kier alpha value is -2.70. The third-order valence-electron chi connectivity index (χ3n) is 4.62. The van der Waals surface area contributed by atoms with Crippen LogP contribution in [-0.2, 0) is 11.2 Å². The van der Waals surface area contributed by atoms with E-state index in [4.69, 9.17) is 4.74 Å². The molecule has 2 aromatic heterocycles. The lowest BCUT2D eigenvalue weighted by molar-refractivity contribution is -0.137. The van der Waals surface area contributed by atoms with E-state index in [1.165, 1.54) is 7.11 Å². The number of carbonyl (C=O) groups is 1. The molecule has 2 N–H and O–H groups in total. The molecule has 1 atom stereocenters. The fourth-order valence-electron chi connectivity index (χ4n) is 3.19. The SMILES string of the molecule is CCNc1cccc(CCCCCC[C@@H](CC(=O)O)c2cnc(OC)nc2)n1. The van der Waals surface area contributed by atoms with Crippen LogP contribution in [0.3, 0.4) is 0 Å². The standard InChI is InChI=1S/C21H30N4O3/c1-3-22-19-12-8-11-18(25-19)10-7-5-4-6-9-16(13-20(26)27)17-14-23-21(28-2)24-15-17/h8,11-12,14-16H,3-7,9-10,13H2,1-2H3,(H,22,25)(H,26,27)/t16-/m0/s1. The lowest BCUT2D eigenvalue weighted by atomic mass is 9.92. The van der Waals surface area contributed by atoms with E-state index in [9.17, 15) is 9.90 Å². The first-order chi connectivity index (χ1) is 13.6. The van der Waals surface area contributed by atoms with Gasteiger partial charge in [0.2, 0.25) is 0 Å². The van der Waals surface area contributed by atoms with Gasteiger partial charge in [-0.2, -0.15) is 0 Å². The molecule has 28 heavy (non-hydrogen) atoms. The molecule has 7 nitrogen and oxygen atoms in total. The van der Waals surface area contributed by atoms with Crippen molar-refractivity contribution in [2.75, 3.05) is 19.0 Å². The van der Waals surface area contributed by atoms with Gasteiger partial charge in [0.1, 0.15) is 5.82 Å².